The highest BCUT2D eigenvalue weighted by Crippen LogP contribution is 2.45. The third-order valence-corrected chi connectivity index (χ3v) is 5.24. The maximum Gasteiger partial charge on any atom is 0.239 e. The third-order valence-electron chi connectivity index (χ3n) is 5.24. The number of methoxy groups -OCH3 is 3. The van der Waals surface area contributed by atoms with Crippen molar-refractivity contribution in [2.75, 3.05) is 34.7 Å². The minimum absolute atomic E-state index is 0.00640. The fraction of sp³-hybridized carbons (Fsp3) is 0.292. The van der Waals surface area contributed by atoms with E-state index < -0.39 is 11.5 Å². The van der Waals surface area contributed by atoms with Crippen LogP contribution in [0, 0.1) is 0 Å². The molecule has 3 aromatic rings. The molecule has 0 bridgehead atoms. The van der Waals surface area contributed by atoms with Gasteiger partial charge in [-0.05, 0) is 30.7 Å². The van der Waals surface area contributed by atoms with Crippen LogP contribution in [0.25, 0.3) is 22.3 Å². The van der Waals surface area contributed by atoms with Gasteiger partial charge in [0.15, 0.2) is 28.6 Å². The van der Waals surface area contributed by atoms with Gasteiger partial charge in [0.2, 0.25) is 23.7 Å². The predicted molar refractivity (Wildman–Crippen MR) is 120 cm³/mol. The molecule has 1 N–H and O–H groups in total. The maximum atomic E-state index is 13.4. The Hall–Kier alpha value is -3.85. The summed E-state index contributed by atoms with van der Waals surface area (Å²) >= 11 is 0. The largest absolute Gasteiger partial charge is 0.496 e. The molecular weight excluding hydrogens is 432 g/mol. The molecule has 174 valence electrons. The Morgan fingerprint density at radius 3 is 2.45 bits per heavy atom. The Morgan fingerprint density at radius 2 is 1.79 bits per heavy atom. The van der Waals surface area contributed by atoms with Crippen molar-refractivity contribution >= 4 is 11.0 Å². The monoisotopic (exact) mass is 456 g/mol. The van der Waals surface area contributed by atoms with Crippen molar-refractivity contribution in [3.05, 3.63) is 46.6 Å². The van der Waals surface area contributed by atoms with Crippen molar-refractivity contribution < 1.29 is 37.9 Å². The summed E-state index contributed by atoms with van der Waals surface area (Å²) in [6.07, 6.45) is -0.886. The molecule has 0 radical (unpaired) electrons. The minimum atomic E-state index is -0.886. The lowest BCUT2D eigenvalue weighted by Gasteiger charge is -2.18. The first-order chi connectivity index (χ1) is 15.9. The maximum absolute atomic E-state index is 13.4. The molecule has 0 fully saturated rings. The van der Waals surface area contributed by atoms with E-state index in [0.29, 0.717) is 22.6 Å². The summed E-state index contributed by atoms with van der Waals surface area (Å²) in [6.45, 7) is 5.44. The zero-order chi connectivity index (χ0) is 23.7. The normalized spacial score (nSPS) is 13.0. The van der Waals surface area contributed by atoms with Crippen LogP contribution in [0.15, 0.2) is 45.6 Å². The lowest BCUT2D eigenvalue weighted by Crippen LogP contribution is -2.18. The average molecular weight is 456 g/mol. The van der Waals surface area contributed by atoms with Gasteiger partial charge in [-0.15, -0.1) is 0 Å². The minimum Gasteiger partial charge on any atom is -0.496 e. The van der Waals surface area contributed by atoms with Crippen LogP contribution >= 0.6 is 0 Å². The SMILES string of the molecule is C=C(C)[C@@H](O)COc1cc(OC)c2c(=O)c(OC)c(-c3ccc4c(c3)OCO4)oc2c1OC. The Morgan fingerprint density at radius 1 is 1.06 bits per heavy atom. The van der Waals surface area contributed by atoms with E-state index in [0.717, 1.165) is 0 Å². The van der Waals surface area contributed by atoms with Gasteiger partial charge in [0.1, 0.15) is 23.8 Å². The smallest absolute Gasteiger partial charge is 0.239 e. The molecule has 0 unspecified atom stereocenters. The number of benzene rings is 2. The molecule has 0 saturated heterocycles. The third kappa shape index (κ3) is 3.91. The Balaban J connectivity index is 1.95. The van der Waals surface area contributed by atoms with E-state index in [1.165, 1.54) is 27.4 Å². The number of rotatable bonds is 8. The van der Waals surface area contributed by atoms with Crippen LogP contribution in [0.4, 0.5) is 0 Å². The Bertz CT molecular complexity index is 1280. The van der Waals surface area contributed by atoms with Gasteiger partial charge in [-0.25, -0.2) is 0 Å². The van der Waals surface area contributed by atoms with E-state index in [1.54, 1.807) is 25.1 Å². The summed E-state index contributed by atoms with van der Waals surface area (Å²) in [5.74, 6) is 1.88. The van der Waals surface area contributed by atoms with E-state index in [-0.39, 0.29) is 53.1 Å². The summed E-state index contributed by atoms with van der Waals surface area (Å²) in [5.41, 5.74) is 0.744. The molecule has 1 aromatic heterocycles. The van der Waals surface area contributed by atoms with Gasteiger partial charge in [-0.3, -0.25) is 4.79 Å². The number of fused-ring (bicyclic) bond motifs is 2. The molecule has 2 aromatic carbocycles. The topological polar surface area (TPSA) is 106 Å². The lowest BCUT2D eigenvalue weighted by molar-refractivity contribution is 0.133. The standard InChI is InChI=1S/C24H24O9/c1-12(2)14(25)10-30-18-9-17(27-3)19-20(26)24(29-5)21(33-23(19)22(18)28-4)13-6-7-15-16(8-13)32-11-31-15/h6-9,14,25H,1,10-11H2,2-5H3/t14-/m0/s1. The van der Waals surface area contributed by atoms with Crippen LogP contribution < -0.4 is 33.8 Å². The van der Waals surface area contributed by atoms with Crippen molar-refractivity contribution in [1.82, 2.24) is 0 Å². The number of aliphatic hydroxyl groups excluding tert-OH is 1. The summed E-state index contributed by atoms with van der Waals surface area (Å²) in [6, 6.07) is 6.65. The molecule has 0 saturated carbocycles. The number of ether oxygens (including phenoxy) is 6. The fourth-order valence-electron chi connectivity index (χ4n) is 3.46. The van der Waals surface area contributed by atoms with Gasteiger partial charge in [-0.1, -0.05) is 6.58 Å². The van der Waals surface area contributed by atoms with Gasteiger partial charge in [0, 0.05) is 11.6 Å². The van der Waals surface area contributed by atoms with E-state index in [2.05, 4.69) is 6.58 Å². The second-order valence-corrected chi connectivity index (χ2v) is 7.35. The van der Waals surface area contributed by atoms with Crippen LogP contribution in [0.2, 0.25) is 0 Å². The van der Waals surface area contributed by atoms with Crippen molar-refractivity contribution in [2.24, 2.45) is 0 Å². The van der Waals surface area contributed by atoms with Crippen LogP contribution in [-0.4, -0.2) is 45.9 Å². The van der Waals surface area contributed by atoms with Crippen molar-refractivity contribution in [2.45, 2.75) is 13.0 Å². The highest BCUT2D eigenvalue weighted by atomic mass is 16.7. The molecule has 33 heavy (non-hydrogen) atoms. The molecule has 2 heterocycles. The molecule has 1 atom stereocenters. The van der Waals surface area contributed by atoms with Gasteiger partial charge < -0.3 is 37.9 Å². The molecule has 0 spiro atoms. The molecule has 9 heteroatoms. The van der Waals surface area contributed by atoms with Gasteiger partial charge in [0.25, 0.3) is 0 Å². The van der Waals surface area contributed by atoms with Crippen molar-refractivity contribution in [1.29, 1.82) is 0 Å². The quantitative estimate of drug-likeness (QED) is 0.510. The molecule has 0 amide bonds. The summed E-state index contributed by atoms with van der Waals surface area (Å²) in [5, 5.41) is 10.2. The second kappa shape index (κ2) is 8.95. The van der Waals surface area contributed by atoms with Crippen LogP contribution in [-0.2, 0) is 0 Å². The lowest BCUT2D eigenvalue weighted by atomic mass is 10.1. The van der Waals surface area contributed by atoms with Crippen molar-refractivity contribution in [3.63, 3.8) is 0 Å². The summed E-state index contributed by atoms with van der Waals surface area (Å²) in [4.78, 5) is 13.4. The van der Waals surface area contributed by atoms with E-state index in [1.807, 2.05) is 0 Å². The zero-order valence-electron chi connectivity index (χ0n) is 18.7. The van der Waals surface area contributed by atoms with Crippen LogP contribution in [0.3, 0.4) is 0 Å². The van der Waals surface area contributed by atoms with E-state index in [4.69, 9.17) is 32.8 Å². The van der Waals surface area contributed by atoms with E-state index >= 15 is 0 Å². The predicted octanol–water partition coefficient (Wildman–Crippen LogP) is 3.53. The van der Waals surface area contributed by atoms with Crippen molar-refractivity contribution in [3.8, 4) is 45.8 Å². The highest BCUT2D eigenvalue weighted by Gasteiger charge is 2.26. The first-order valence-electron chi connectivity index (χ1n) is 10.1. The Kier molecular flexibility index (Phi) is 6.06. The van der Waals surface area contributed by atoms with Gasteiger partial charge in [0.05, 0.1) is 21.3 Å². The molecule has 1 aliphatic rings. The fourth-order valence-corrected chi connectivity index (χ4v) is 3.46. The molecular formula is C24H24O9. The number of aliphatic hydroxyl groups is 1. The Labute approximate surface area is 189 Å². The highest BCUT2D eigenvalue weighted by molar-refractivity contribution is 5.93. The molecule has 1 aliphatic heterocycles. The summed E-state index contributed by atoms with van der Waals surface area (Å²) < 4.78 is 39.1. The zero-order valence-corrected chi connectivity index (χ0v) is 18.7. The first-order valence-corrected chi connectivity index (χ1v) is 10.1. The van der Waals surface area contributed by atoms with Crippen LogP contribution in [0.1, 0.15) is 6.92 Å². The second-order valence-electron chi connectivity index (χ2n) is 7.35. The summed E-state index contributed by atoms with van der Waals surface area (Å²) in [7, 11) is 4.23. The molecule has 9 nitrogen and oxygen atoms in total. The van der Waals surface area contributed by atoms with Gasteiger partial charge in [-0.2, -0.15) is 0 Å². The van der Waals surface area contributed by atoms with Gasteiger partial charge >= 0.3 is 0 Å². The van der Waals surface area contributed by atoms with E-state index in [9.17, 15) is 9.90 Å². The first kappa shape index (κ1) is 22.3. The number of hydrogen-bond donors (Lipinski definition) is 1. The average Bonchev–Trinajstić information content (AvgIpc) is 3.29. The molecule has 0 aliphatic carbocycles. The molecule has 4 rings (SSSR count). The van der Waals surface area contributed by atoms with Crippen LogP contribution in [0.5, 0.6) is 34.5 Å². The number of hydrogen-bond acceptors (Lipinski definition) is 9.